The molecule has 80 valence electrons. The fourth-order valence-corrected chi connectivity index (χ4v) is 1.85. The van der Waals surface area contributed by atoms with Crippen molar-refractivity contribution in [3.8, 4) is 0 Å². The Morgan fingerprint density at radius 1 is 1.33 bits per heavy atom. The lowest BCUT2D eigenvalue weighted by molar-refractivity contribution is 0.0684. The lowest BCUT2D eigenvalue weighted by Gasteiger charge is -2.05. The van der Waals surface area contributed by atoms with Gasteiger partial charge < -0.3 is 4.84 Å². The fraction of sp³-hybridized carbons (Fsp3) is 0.300. The molecular weight excluding hydrogens is 232 g/mol. The van der Waals surface area contributed by atoms with Crippen LogP contribution in [0, 0.1) is 0 Å². The molecule has 0 spiro atoms. The van der Waals surface area contributed by atoms with Crippen molar-refractivity contribution in [3.05, 3.63) is 34.9 Å². The quantitative estimate of drug-likeness (QED) is 0.762. The largest absolute Gasteiger partial charge is 0.378 e. The first-order valence-corrected chi connectivity index (χ1v) is 5.75. The van der Waals surface area contributed by atoms with Crippen molar-refractivity contribution >= 4 is 29.6 Å². The van der Waals surface area contributed by atoms with Crippen LogP contribution >= 0.6 is 23.7 Å². The Bertz CT molecular complexity index is 366. The van der Waals surface area contributed by atoms with E-state index in [1.54, 1.807) is 4.47 Å². The van der Waals surface area contributed by atoms with E-state index in [0.29, 0.717) is 0 Å². The predicted octanol–water partition coefficient (Wildman–Crippen LogP) is 3.11. The number of halogens is 1. The molecule has 0 aromatic heterocycles. The Hall–Kier alpha value is -0.710. The summed E-state index contributed by atoms with van der Waals surface area (Å²) in [5.74, 6) is 0.775. The number of aryl methyl sites for hydroxylation is 1. The van der Waals surface area contributed by atoms with E-state index in [4.69, 9.17) is 16.4 Å². The maximum absolute atomic E-state index is 5.80. The van der Waals surface area contributed by atoms with Gasteiger partial charge in [0, 0.05) is 18.5 Å². The van der Waals surface area contributed by atoms with Gasteiger partial charge in [0.05, 0.1) is 0 Å². The van der Waals surface area contributed by atoms with Crippen LogP contribution in [-0.2, 0) is 11.3 Å². The van der Waals surface area contributed by atoms with E-state index in [1.165, 1.54) is 17.7 Å². The SMILES string of the molecule is CN1OC(CCc2ccc(Cl)cc2)=NS1. The van der Waals surface area contributed by atoms with Crippen LogP contribution in [0.15, 0.2) is 28.7 Å². The van der Waals surface area contributed by atoms with E-state index >= 15 is 0 Å². The van der Waals surface area contributed by atoms with Crippen LogP contribution in [0.3, 0.4) is 0 Å². The van der Waals surface area contributed by atoms with Crippen molar-refractivity contribution in [1.29, 1.82) is 0 Å². The minimum Gasteiger partial charge on any atom is -0.378 e. The van der Waals surface area contributed by atoms with Crippen LogP contribution in [-0.4, -0.2) is 17.4 Å². The van der Waals surface area contributed by atoms with Crippen molar-refractivity contribution in [2.75, 3.05) is 7.05 Å². The van der Waals surface area contributed by atoms with Crippen LogP contribution in [0.4, 0.5) is 0 Å². The molecule has 0 radical (unpaired) electrons. The summed E-state index contributed by atoms with van der Waals surface area (Å²) in [4.78, 5) is 5.33. The first kappa shape index (κ1) is 10.8. The standard InChI is InChI=1S/C10H11ClN2OS/c1-13-14-10(12-15-13)7-4-8-2-5-9(11)6-3-8/h2-3,5-6H,4,7H2,1H3. The third kappa shape index (κ3) is 3.12. The summed E-state index contributed by atoms with van der Waals surface area (Å²) in [6.07, 6.45) is 1.74. The van der Waals surface area contributed by atoms with Gasteiger partial charge >= 0.3 is 0 Å². The van der Waals surface area contributed by atoms with Crippen molar-refractivity contribution in [2.24, 2.45) is 4.40 Å². The number of benzene rings is 1. The third-order valence-electron chi connectivity index (χ3n) is 2.03. The molecule has 1 aliphatic heterocycles. The van der Waals surface area contributed by atoms with Gasteiger partial charge in [-0.25, -0.2) is 0 Å². The average Bonchev–Trinajstić information content (AvgIpc) is 2.64. The van der Waals surface area contributed by atoms with Crippen molar-refractivity contribution < 1.29 is 4.84 Å². The Kier molecular flexibility index (Phi) is 3.51. The number of hydrogen-bond donors (Lipinski definition) is 0. The fourth-order valence-electron chi connectivity index (χ4n) is 1.28. The molecule has 0 fully saturated rings. The molecule has 0 saturated heterocycles. The molecular formula is C10H11ClN2OS. The number of nitrogens with zero attached hydrogens (tertiary/aromatic N) is 2. The molecule has 0 amide bonds. The highest BCUT2D eigenvalue weighted by Crippen LogP contribution is 2.20. The van der Waals surface area contributed by atoms with Crippen LogP contribution in [0.5, 0.6) is 0 Å². The van der Waals surface area contributed by atoms with Gasteiger partial charge in [-0.2, -0.15) is 4.40 Å². The summed E-state index contributed by atoms with van der Waals surface area (Å²) in [6, 6.07) is 7.84. The van der Waals surface area contributed by atoms with Gasteiger partial charge in [-0.3, -0.25) is 0 Å². The van der Waals surface area contributed by atoms with E-state index in [2.05, 4.69) is 4.40 Å². The molecule has 15 heavy (non-hydrogen) atoms. The number of rotatable bonds is 3. The topological polar surface area (TPSA) is 24.8 Å². The molecule has 3 nitrogen and oxygen atoms in total. The average molecular weight is 243 g/mol. The number of hydroxylamine groups is 1. The van der Waals surface area contributed by atoms with E-state index in [0.717, 1.165) is 23.8 Å². The van der Waals surface area contributed by atoms with Gasteiger partial charge in [0.15, 0.2) is 0 Å². The van der Waals surface area contributed by atoms with Gasteiger partial charge in [-0.1, -0.05) is 28.2 Å². The molecule has 0 N–H and O–H groups in total. The molecule has 5 heteroatoms. The Labute approximate surface area is 98.3 Å². The van der Waals surface area contributed by atoms with Crippen LogP contribution in [0.25, 0.3) is 0 Å². The van der Waals surface area contributed by atoms with E-state index < -0.39 is 0 Å². The molecule has 1 aromatic rings. The highest BCUT2D eigenvalue weighted by Gasteiger charge is 2.14. The zero-order valence-corrected chi connectivity index (χ0v) is 9.88. The highest BCUT2D eigenvalue weighted by atomic mass is 35.5. The normalized spacial score (nSPS) is 16.3. The van der Waals surface area contributed by atoms with Gasteiger partial charge in [-0.15, -0.1) is 0 Å². The summed E-state index contributed by atoms with van der Waals surface area (Å²) in [5.41, 5.74) is 1.24. The first-order valence-electron chi connectivity index (χ1n) is 4.64. The van der Waals surface area contributed by atoms with Crippen LogP contribution in [0.2, 0.25) is 5.02 Å². The molecule has 0 atom stereocenters. The van der Waals surface area contributed by atoms with Gasteiger partial charge in [0.25, 0.3) is 0 Å². The van der Waals surface area contributed by atoms with Crippen LogP contribution < -0.4 is 0 Å². The number of hydrogen-bond acceptors (Lipinski definition) is 4. The molecule has 0 aliphatic carbocycles. The van der Waals surface area contributed by atoms with E-state index in [-0.39, 0.29) is 0 Å². The molecule has 0 unspecified atom stereocenters. The zero-order valence-electron chi connectivity index (χ0n) is 8.31. The monoisotopic (exact) mass is 242 g/mol. The molecule has 1 aliphatic rings. The second kappa shape index (κ2) is 4.88. The van der Waals surface area contributed by atoms with E-state index in [1.807, 2.05) is 31.3 Å². The van der Waals surface area contributed by atoms with E-state index in [9.17, 15) is 0 Å². The molecule has 0 bridgehead atoms. The van der Waals surface area contributed by atoms with Crippen molar-refractivity contribution in [1.82, 2.24) is 4.47 Å². The smallest absolute Gasteiger partial charge is 0.223 e. The highest BCUT2D eigenvalue weighted by molar-refractivity contribution is 7.95. The minimum absolute atomic E-state index is 0.767. The van der Waals surface area contributed by atoms with Gasteiger partial charge in [-0.05, 0) is 24.1 Å². The van der Waals surface area contributed by atoms with Crippen LogP contribution in [0.1, 0.15) is 12.0 Å². The summed E-state index contributed by atoms with van der Waals surface area (Å²) >= 11 is 7.12. The summed E-state index contributed by atoms with van der Waals surface area (Å²) in [6.45, 7) is 0. The third-order valence-corrected chi connectivity index (χ3v) is 2.87. The van der Waals surface area contributed by atoms with Gasteiger partial charge in [0.1, 0.15) is 12.1 Å². The lowest BCUT2D eigenvalue weighted by atomic mass is 10.1. The second-order valence-electron chi connectivity index (χ2n) is 3.22. The van der Waals surface area contributed by atoms with Crippen molar-refractivity contribution in [3.63, 3.8) is 0 Å². The molecule has 1 aromatic carbocycles. The summed E-state index contributed by atoms with van der Waals surface area (Å²) in [7, 11) is 1.84. The van der Waals surface area contributed by atoms with Crippen molar-refractivity contribution in [2.45, 2.75) is 12.8 Å². The Balaban J connectivity index is 1.86. The zero-order chi connectivity index (χ0) is 10.7. The lowest BCUT2D eigenvalue weighted by Crippen LogP contribution is -2.09. The minimum atomic E-state index is 0.767. The first-order chi connectivity index (χ1) is 7.24. The second-order valence-corrected chi connectivity index (χ2v) is 4.52. The maximum atomic E-state index is 5.80. The Morgan fingerprint density at radius 2 is 2.07 bits per heavy atom. The predicted molar refractivity (Wildman–Crippen MR) is 63.6 cm³/mol. The summed E-state index contributed by atoms with van der Waals surface area (Å²) < 4.78 is 5.80. The molecule has 2 rings (SSSR count). The van der Waals surface area contributed by atoms with Gasteiger partial charge in [0.2, 0.25) is 5.90 Å². The summed E-state index contributed by atoms with van der Waals surface area (Å²) in [5, 5.41) is 0.767. The maximum Gasteiger partial charge on any atom is 0.223 e. The molecule has 1 heterocycles. The molecule has 0 saturated carbocycles. The Morgan fingerprint density at radius 3 is 2.67 bits per heavy atom.